The number of halogens is 3. The summed E-state index contributed by atoms with van der Waals surface area (Å²) in [4.78, 5) is 12.3. The number of ether oxygens (including phenoxy) is 2. The number of benzene rings is 2. The first kappa shape index (κ1) is 16.5. The van der Waals surface area contributed by atoms with Gasteiger partial charge in [-0.3, -0.25) is 4.79 Å². The zero-order chi connectivity index (χ0) is 17.3. The molecular formula is C15H11F3O5. The second kappa shape index (κ2) is 6.07. The van der Waals surface area contributed by atoms with Gasteiger partial charge in [0.1, 0.15) is 0 Å². The van der Waals surface area contributed by atoms with E-state index in [-0.39, 0.29) is 5.75 Å². The summed E-state index contributed by atoms with van der Waals surface area (Å²) >= 11 is 0. The van der Waals surface area contributed by atoms with E-state index in [1.54, 1.807) is 0 Å². The number of phenolic OH excluding ortho intramolecular Hbond substituents is 2. The van der Waals surface area contributed by atoms with Crippen molar-refractivity contribution in [3.63, 3.8) is 0 Å². The van der Waals surface area contributed by atoms with E-state index in [0.717, 1.165) is 19.2 Å². The van der Waals surface area contributed by atoms with Crippen LogP contribution in [0, 0.1) is 17.5 Å². The molecule has 23 heavy (non-hydrogen) atoms. The number of aromatic hydroxyl groups is 2. The topological polar surface area (TPSA) is 76.0 Å². The van der Waals surface area contributed by atoms with Crippen LogP contribution in [0.4, 0.5) is 13.2 Å². The Kier molecular flexibility index (Phi) is 4.35. The maximum absolute atomic E-state index is 14.1. The summed E-state index contributed by atoms with van der Waals surface area (Å²) in [7, 11) is 2.13. The lowest BCUT2D eigenvalue weighted by Gasteiger charge is -2.11. The maximum Gasteiger partial charge on any atom is 0.203 e. The minimum absolute atomic E-state index is 0.123. The third kappa shape index (κ3) is 2.63. The van der Waals surface area contributed by atoms with Crippen molar-refractivity contribution in [2.24, 2.45) is 0 Å². The first-order valence-corrected chi connectivity index (χ1v) is 6.18. The smallest absolute Gasteiger partial charge is 0.203 e. The molecule has 0 amide bonds. The van der Waals surface area contributed by atoms with Crippen LogP contribution in [0.25, 0.3) is 0 Å². The van der Waals surface area contributed by atoms with Gasteiger partial charge in [0, 0.05) is 0 Å². The molecule has 2 aromatic rings. The van der Waals surface area contributed by atoms with E-state index in [9.17, 15) is 28.2 Å². The first-order valence-electron chi connectivity index (χ1n) is 6.18. The summed E-state index contributed by atoms with van der Waals surface area (Å²) < 4.78 is 50.1. The van der Waals surface area contributed by atoms with Crippen LogP contribution in [0.1, 0.15) is 15.9 Å². The number of ketones is 1. The van der Waals surface area contributed by atoms with Crippen LogP contribution in [0.5, 0.6) is 23.0 Å². The molecule has 8 heteroatoms. The molecule has 0 heterocycles. The molecule has 0 saturated carbocycles. The molecule has 0 aliphatic heterocycles. The number of methoxy groups -OCH3 is 2. The van der Waals surface area contributed by atoms with Gasteiger partial charge in [-0.1, -0.05) is 0 Å². The number of rotatable bonds is 4. The normalized spacial score (nSPS) is 10.5. The van der Waals surface area contributed by atoms with Crippen LogP contribution >= 0.6 is 0 Å². The van der Waals surface area contributed by atoms with Gasteiger partial charge in [-0.25, -0.2) is 8.78 Å². The lowest BCUT2D eigenvalue weighted by Crippen LogP contribution is -2.09. The second-order valence-electron chi connectivity index (χ2n) is 4.41. The minimum Gasteiger partial charge on any atom is -0.504 e. The highest BCUT2D eigenvalue weighted by Crippen LogP contribution is 2.39. The largest absolute Gasteiger partial charge is 0.504 e. The molecular weight excluding hydrogens is 317 g/mol. The molecule has 5 nitrogen and oxygen atoms in total. The van der Waals surface area contributed by atoms with Crippen molar-refractivity contribution in [3.8, 4) is 23.0 Å². The van der Waals surface area contributed by atoms with Gasteiger partial charge in [-0.15, -0.1) is 0 Å². The van der Waals surface area contributed by atoms with Crippen LogP contribution in [0.2, 0.25) is 0 Å². The van der Waals surface area contributed by atoms with Crippen LogP contribution in [-0.2, 0) is 0 Å². The summed E-state index contributed by atoms with van der Waals surface area (Å²) in [6, 6.07) is 2.54. The third-order valence-electron chi connectivity index (χ3n) is 3.14. The Labute approximate surface area is 128 Å². The van der Waals surface area contributed by atoms with Crippen molar-refractivity contribution in [2.45, 2.75) is 0 Å². The molecule has 0 bridgehead atoms. The van der Waals surface area contributed by atoms with Crippen LogP contribution < -0.4 is 9.47 Å². The fourth-order valence-corrected chi connectivity index (χ4v) is 1.98. The number of phenols is 2. The van der Waals surface area contributed by atoms with Crippen molar-refractivity contribution >= 4 is 5.78 Å². The zero-order valence-corrected chi connectivity index (χ0v) is 12.0. The summed E-state index contributed by atoms with van der Waals surface area (Å²) in [5.41, 5.74) is -1.38. The first-order chi connectivity index (χ1) is 10.8. The summed E-state index contributed by atoms with van der Waals surface area (Å²) in [5, 5.41) is 19.5. The molecule has 2 N–H and O–H groups in total. The van der Waals surface area contributed by atoms with Crippen molar-refractivity contribution in [2.75, 3.05) is 14.2 Å². The van der Waals surface area contributed by atoms with Crippen molar-refractivity contribution in [1.82, 2.24) is 0 Å². The molecule has 0 unspecified atom stereocenters. The number of carbonyl (C=O) groups is 1. The Morgan fingerprint density at radius 3 is 2.17 bits per heavy atom. The Morgan fingerprint density at radius 1 is 0.957 bits per heavy atom. The van der Waals surface area contributed by atoms with Gasteiger partial charge in [0.25, 0.3) is 0 Å². The lowest BCUT2D eigenvalue weighted by atomic mass is 10.0. The Bertz CT molecular complexity index is 789. The van der Waals surface area contributed by atoms with E-state index in [2.05, 4.69) is 4.74 Å². The van der Waals surface area contributed by atoms with Crippen LogP contribution in [-0.4, -0.2) is 30.2 Å². The van der Waals surface area contributed by atoms with E-state index >= 15 is 0 Å². The molecule has 2 aromatic carbocycles. The molecule has 0 fully saturated rings. The summed E-state index contributed by atoms with van der Waals surface area (Å²) in [5.74, 6) is -8.48. The molecule has 0 aromatic heterocycles. The van der Waals surface area contributed by atoms with Gasteiger partial charge in [0.2, 0.25) is 11.6 Å². The average molecular weight is 328 g/mol. The molecule has 0 radical (unpaired) electrons. The molecule has 0 saturated heterocycles. The van der Waals surface area contributed by atoms with E-state index < -0.39 is 51.6 Å². The van der Waals surface area contributed by atoms with Gasteiger partial charge in [-0.2, -0.15) is 4.39 Å². The number of hydrogen-bond acceptors (Lipinski definition) is 5. The van der Waals surface area contributed by atoms with Gasteiger partial charge in [0.15, 0.2) is 34.7 Å². The molecule has 0 aliphatic carbocycles. The van der Waals surface area contributed by atoms with Gasteiger partial charge >= 0.3 is 0 Å². The molecule has 122 valence electrons. The minimum atomic E-state index is -1.58. The average Bonchev–Trinajstić information content (AvgIpc) is 2.53. The van der Waals surface area contributed by atoms with E-state index in [1.165, 1.54) is 7.11 Å². The van der Waals surface area contributed by atoms with Gasteiger partial charge in [0.05, 0.1) is 25.3 Å². The number of carbonyl (C=O) groups excluding carboxylic acids is 1. The van der Waals surface area contributed by atoms with E-state index in [0.29, 0.717) is 6.07 Å². The summed E-state index contributed by atoms with van der Waals surface area (Å²) in [6.45, 7) is 0. The highest BCUT2D eigenvalue weighted by molar-refractivity contribution is 6.11. The highest BCUT2D eigenvalue weighted by atomic mass is 19.2. The van der Waals surface area contributed by atoms with Gasteiger partial charge < -0.3 is 19.7 Å². The van der Waals surface area contributed by atoms with Gasteiger partial charge in [-0.05, 0) is 18.2 Å². The SMILES string of the molecule is COc1ccc(C(=O)c2cc(F)c(F)c(OC)c2F)c(O)c1O. The quantitative estimate of drug-likeness (QED) is 0.513. The van der Waals surface area contributed by atoms with Crippen molar-refractivity contribution in [1.29, 1.82) is 0 Å². The number of hydrogen-bond donors (Lipinski definition) is 2. The molecule has 2 rings (SSSR count). The third-order valence-corrected chi connectivity index (χ3v) is 3.14. The fraction of sp³-hybridized carbons (Fsp3) is 0.133. The molecule has 0 spiro atoms. The fourth-order valence-electron chi connectivity index (χ4n) is 1.98. The Hall–Kier alpha value is -2.90. The van der Waals surface area contributed by atoms with Crippen molar-refractivity contribution in [3.05, 3.63) is 46.8 Å². The summed E-state index contributed by atoms with van der Waals surface area (Å²) in [6.07, 6.45) is 0. The monoisotopic (exact) mass is 328 g/mol. The lowest BCUT2D eigenvalue weighted by molar-refractivity contribution is 0.103. The van der Waals surface area contributed by atoms with E-state index in [1.807, 2.05) is 0 Å². The predicted octanol–water partition coefficient (Wildman–Crippen LogP) is 2.76. The highest BCUT2D eigenvalue weighted by Gasteiger charge is 2.27. The maximum atomic E-state index is 14.1. The second-order valence-corrected chi connectivity index (χ2v) is 4.41. The van der Waals surface area contributed by atoms with E-state index in [4.69, 9.17) is 4.74 Å². The zero-order valence-electron chi connectivity index (χ0n) is 12.0. The molecule has 0 aliphatic rings. The standard InChI is InChI=1S/C15H11F3O5/c1-22-9-4-3-6(13(20)14(9)21)12(19)7-5-8(16)11(18)15(23-2)10(7)17/h3-5,20-21H,1-2H3. The predicted molar refractivity (Wildman–Crippen MR) is 72.6 cm³/mol. The Balaban J connectivity index is 2.63. The molecule has 0 atom stereocenters. The Morgan fingerprint density at radius 2 is 1.61 bits per heavy atom. The van der Waals surface area contributed by atoms with Crippen molar-refractivity contribution < 1.29 is 37.7 Å². The van der Waals surface area contributed by atoms with Crippen LogP contribution in [0.15, 0.2) is 18.2 Å². The van der Waals surface area contributed by atoms with Crippen LogP contribution in [0.3, 0.4) is 0 Å².